The predicted molar refractivity (Wildman–Crippen MR) is 177 cm³/mol. The van der Waals surface area contributed by atoms with Crippen LogP contribution in [0, 0.1) is 52.3 Å². The van der Waals surface area contributed by atoms with Crippen LogP contribution in [0.4, 0.5) is 0 Å². The largest absolute Gasteiger partial charge is 0.394 e. The summed E-state index contributed by atoms with van der Waals surface area (Å²) in [4.78, 5) is 0. The molecule has 8 fully saturated rings. The van der Waals surface area contributed by atoms with Gasteiger partial charge in [0.25, 0.3) is 0 Å². The Morgan fingerprint density at radius 3 is 2.26 bits per heavy atom. The monoisotopic (exact) mass is 710 g/mol. The van der Waals surface area contributed by atoms with Gasteiger partial charge in [0.1, 0.15) is 42.7 Å². The number of ether oxygens (including phenoxy) is 6. The van der Waals surface area contributed by atoms with Crippen molar-refractivity contribution in [3.05, 3.63) is 0 Å². The van der Waals surface area contributed by atoms with Gasteiger partial charge in [0.05, 0.1) is 32.0 Å². The summed E-state index contributed by atoms with van der Waals surface area (Å²) in [7, 11) is 0. The predicted octanol–water partition coefficient (Wildman–Crippen LogP) is 2.08. The summed E-state index contributed by atoms with van der Waals surface area (Å²) in [5, 5.41) is 62.2. The topological polar surface area (TPSA) is 177 Å². The van der Waals surface area contributed by atoms with E-state index < -0.39 is 61.9 Å². The second kappa shape index (κ2) is 13.4. The number of fused-ring (bicyclic) bond motifs is 7. The van der Waals surface area contributed by atoms with E-state index in [1.807, 2.05) is 0 Å². The number of aliphatic hydroxyl groups is 6. The molecule has 4 aliphatic carbocycles. The van der Waals surface area contributed by atoms with Gasteiger partial charge in [-0.1, -0.05) is 27.7 Å². The first-order valence-corrected chi connectivity index (χ1v) is 19.7. The molecule has 8 rings (SSSR count). The second-order valence-corrected chi connectivity index (χ2v) is 18.3. The Morgan fingerprint density at radius 2 is 1.52 bits per heavy atom. The SMILES string of the molecule is C[C@@H]1CC[C@@]2(OC1)O[C@H]1C[C@H]3[C@@H]4CC[C@@H]5C[C@@H](O[C@@H]6O[C@H](CO)[C@@H](O)[C@H](O)[C@H]6O[C@@H]6OC[C@@H](O)[C@H](O)[C@H]6O)CC[C@]5(C)[C@H]4CC[C@]3(C)[C@H]1[C@@H]2C. The van der Waals surface area contributed by atoms with Crippen molar-refractivity contribution < 1.29 is 59.1 Å². The molecule has 6 N–H and O–H groups in total. The Balaban J connectivity index is 0.939. The summed E-state index contributed by atoms with van der Waals surface area (Å²) < 4.78 is 37.4. The smallest absolute Gasteiger partial charge is 0.187 e. The van der Waals surface area contributed by atoms with E-state index in [4.69, 9.17) is 28.4 Å². The number of hydrogen-bond acceptors (Lipinski definition) is 12. The highest BCUT2D eigenvalue weighted by molar-refractivity contribution is 5.15. The average Bonchev–Trinajstić information content (AvgIpc) is 3.54. The Morgan fingerprint density at radius 1 is 0.740 bits per heavy atom. The summed E-state index contributed by atoms with van der Waals surface area (Å²) in [5.41, 5.74) is 0.470. The van der Waals surface area contributed by atoms with Crippen molar-refractivity contribution in [3.8, 4) is 0 Å². The van der Waals surface area contributed by atoms with Gasteiger partial charge in [-0.3, -0.25) is 0 Å². The van der Waals surface area contributed by atoms with Crippen molar-refractivity contribution in [2.45, 2.75) is 165 Å². The molecule has 4 heterocycles. The zero-order chi connectivity index (χ0) is 35.3. The van der Waals surface area contributed by atoms with Crippen LogP contribution in [0.3, 0.4) is 0 Å². The number of aliphatic hydroxyl groups excluding tert-OH is 6. The molecule has 0 amide bonds. The van der Waals surface area contributed by atoms with Crippen molar-refractivity contribution in [1.29, 1.82) is 0 Å². The lowest BCUT2D eigenvalue weighted by atomic mass is 9.44. The Bertz CT molecular complexity index is 1210. The van der Waals surface area contributed by atoms with E-state index in [-0.39, 0.29) is 35.4 Å². The third kappa shape index (κ3) is 5.68. The summed E-state index contributed by atoms with van der Waals surface area (Å²) in [6.45, 7) is 9.79. The van der Waals surface area contributed by atoms with Crippen LogP contribution in [-0.2, 0) is 28.4 Å². The maximum atomic E-state index is 11.1. The average molecular weight is 711 g/mol. The highest BCUT2D eigenvalue weighted by atomic mass is 16.8. The van der Waals surface area contributed by atoms with E-state index in [0.29, 0.717) is 41.4 Å². The first kappa shape index (κ1) is 36.5. The van der Waals surface area contributed by atoms with Gasteiger partial charge in [-0.2, -0.15) is 0 Å². The van der Waals surface area contributed by atoms with Gasteiger partial charge in [-0.15, -0.1) is 0 Å². The third-order valence-corrected chi connectivity index (χ3v) is 15.8. The van der Waals surface area contributed by atoms with Crippen LogP contribution in [0.25, 0.3) is 0 Å². The molecule has 50 heavy (non-hydrogen) atoms. The normalized spacial score (nSPS) is 59.4. The fraction of sp³-hybridized carbons (Fsp3) is 1.00. The van der Waals surface area contributed by atoms with Crippen molar-refractivity contribution in [3.63, 3.8) is 0 Å². The summed E-state index contributed by atoms with van der Waals surface area (Å²) in [6, 6.07) is 0. The lowest BCUT2D eigenvalue weighted by Gasteiger charge is -2.61. The molecule has 21 atom stereocenters. The Kier molecular flexibility index (Phi) is 9.76. The van der Waals surface area contributed by atoms with Crippen LogP contribution in [-0.4, -0.2) is 124 Å². The molecule has 4 saturated heterocycles. The first-order chi connectivity index (χ1) is 23.8. The minimum absolute atomic E-state index is 0.185. The van der Waals surface area contributed by atoms with Crippen LogP contribution in [0.1, 0.15) is 91.9 Å². The molecule has 286 valence electrons. The molecule has 0 aromatic rings. The summed E-state index contributed by atoms with van der Waals surface area (Å²) in [5.74, 6) is 3.65. The van der Waals surface area contributed by atoms with Crippen molar-refractivity contribution >= 4 is 0 Å². The summed E-state index contributed by atoms with van der Waals surface area (Å²) >= 11 is 0. The van der Waals surface area contributed by atoms with E-state index in [1.165, 1.54) is 25.7 Å². The van der Waals surface area contributed by atoms with Gasteiger partial charge in [0.2, 0.25) is 0 Å². The molecule has 8 aliphatic rings. The van der Waals surface area contributed by atoms with Gasteiger partial charge in [-0.05, 0) is 104 Å². The molecule has 0 aromatic heterocycles. The highest BCUT2D eigenvalue weighted by Gasteiger charge is 2.69. The molecule has 4 saturated carbocycles. The fourth-order valence-corrected chi connectivity index (χ4v) is 12.9. The lowest BCUT2D eigenvalue weighted by Crippen LogP contribution is -2.63. The maximum Gasteiger partial charge on any atom is 0.187 e. The molecule has 0 bridgehead atoms. The first-order valence-electron chi connectivity index (χ1n) is 19.7. The zero-order valence-electron chi connectivity index (χ0n) is 30.2. The van der Waals surface area contributed by atoms with Gasteiger partial charge in [-0.25, -0.2) is 0 Å². The minimum atomic E-state index is -1.58. The van der Waals surface area contributed by atoms with Crippen LogP contribution in [0.15, 0.2) is 0 Å². The quantitative estimate of drug-likeness (QED) is 0.230. The summed E-state index contributed by atoms with van der Waals surface area (Å²) in [6.07, 6.45) is -1.27. The van der Waals surface area contributed by atoms with E-state index in [2.05, 4.69) is 27.7 Å². The highest BCUT2D eigenvalue weighted by Crippen LogP contribution is 2.71. The van der Waals surface area contributed by atoms with Crippen LogP contribution >= 0.6 is 0 Å². The minimum Gasteiger partial charge on any atom is -0.394 e. The zero-order valence-corrected chi connectivity index (χ0v) is 30.2. The van der Waals surface area contributed by atoms with Crippen LogP contribution in [0.5, 0.6) is 0 Å². The van der Waals surface area contributed by atoms with Gasteiger partial charge < -0.3 is 59.1 Å². The van der Waals surface area contributed by atoms with Gasteiger partial charge in [0.15, 0.2) is 18.4 Å². The standard InChI is InChI=1S/C38H62O12/c1-18-7-12-38(46-16-18)19(2)28-26(50-38)14-24-22-6-5-20-13-21(8-10-36(20,3)23(22)9-11-37(24,28)4)47-35-33(31(43)30(42)27(15-39)48-35)49-34-32(44)29(41)25(40)17-45-34/h18-35,39-44H,5-17H2,1-4H3/t18-,19+,20-,21+,22-,23+,24+,25-,26+,27-,28+,29+,30-,31+,32-,33-,34+,35-,36+,37+,38-/m1/s1. The molecular weight excluding hydrogens is 648 g/mol. The van der Waals surface area contributed by atoms with E-state index >= 15 is 0 Å². The van der Waals surface area contributed by atoms with Crippen LogP contribution in [0.2, 0.25) is 0 Å². The van der Waals surface area contributed by atoms with Gasteiger partial charge >= 0.3 is 0 Å². The molecule has 12 heteroatoms. The molecule has 4 aliphatic heterocycles. The molecule has 12 nitrogen and oxygen atoms in total. The molecule has 1 spiro atoms. The van der Waals surface area contributed by atoms with Crippen molar-refractivity contribution in [2.24, 2.45) is 52.3 Å². The molecule has 0 radical (unpaired) electrons. The van der Waals surface area contributed by atoms with Crippen LogP contribution < -0.4 is 0 Å². The third-order valence-electron chi connectivity index (χ3n) is 15.8. The van der Waals surface area contributed by atoms with E-state index in [0.717, 1.165) is 45.1 Å². The fourth-order valence-electron chi connectivity index (χ4n) is 12.9. The Labute approximate surface area is 296 Å². The lowest BCUT2D eigenvalue weighted by molar-refractivity contribution is -0.364. The van der Waals surface area contributed by atoms with E-state index in [1.54, 1.807) is 0 Å². The number of hydrogen-bond donors (Lipinski definition) is 6. The Hall–Kier alpha value is -0.480. The van der Waals surface area contributed by atoms with Crippen molar-refractivity contribution in [1.82, 2.24) is 0 Å². The molecule has 0 unspecified atom stereocenters. The van der Waals surface area contributed by atoms with E-state index in [9.17, 15) is 30.6 Å². The molecule has 0 aromatic carbocycles. The maximum absolute atomic E-state index is 11.1. The van der Waals surface area contributed by atoms with Gasteiger partial charge in [0, 0.05) is 12.3 Å². The number of rotatable bonds is 5. The second-order valence-electron chi connectivity index (χ2n) is 18.3. The molecular formula is C38H62O12. The van der Waals surface area contributed by atoms with Crippen molar-refractivity contribution in [2.75, 3.05) is 19.8 Å².